The summed E-state index contributed by atoms with van der Waals surface area (Å²) in [5.74, 6) is 0.605. The molecule has 1 aromatic carbocycles. The molecule has 0 bridgehead atoms. The van der Waals surface area contributed by atoms with Crippen LogP contribution in [0.2, 0.25) is 0 Å². The maximum atomic E-state index is 12.9. The Kier molecular flexibility index (Phi) is 9.66. The van der Waals surface area contributed by atoms with Crippen molar-refractivity contribution in [2.45, 2.75) is 116 Å². The smallest absolute Gasteiger partial charge is 0.326 e. The Balaban J connectivity index is 1.14. The van der Waals surface area contributed by atoms with Crippen LogP contribution < -0.4 is 16.4 Å². The van der Waals surface area contributed by atoms with Gasteiger partial charge in [-0.3, -0.25) is 9.59 Å². The molecule has 11 atom stereocenters. The van der Waals surface area contributed by atoms with E-state index in [4.69, 9.17) is 5.73 Å². The fourth-order valence-corrected chi connectivity index (χ4v) is 10.4. The first-order chi connectivity index (χ1) is 20.8. The van der Waals surface area contributed by atoms with Gasteiger partial charge in [0.25, 0.3) is 0 Å². The van der Waals surface area contributed by atoms with E-state index >= 15 is 0 Å². The van der Waals surface area contributed by atoms with Gasteiger partial charge in [-0.25, -0.2) is 4.79 Å². The van der Waals surface area contributed by atoms with E-state index in [1.54, 1.807) is 24.3 Å². The monoisotopic (exact) mass is 611 g/mol. The standard InChI is InChI=1S/C35H53N3O6/c1-20(8-12-30(41)38-28(33(43)44)11-13-31(42)37-27-7-5-4-6-26(27)36)23-9-10-24-32-25(15-17-35(23,24)3)34(2)16-14-22(39)18-21(34)19-29(32)40/h4-7,20-25,28-29,32,39-40H,8-19,36H2,1-3H3,(H,37,42)(H,38,41)(H,43,44)/t20-,21+,22-,23-,24+,25+,28+,29-,32+,34+,35-/m1/s1. The van der Waals surface area contributed by atoms with Gasteiger partial charge in [0.15, 0.2) is 0 Å². The Hall–Kier alpha value is -2.65. The average Bonchev–Trinajstić information content (AvgIpc) is 3.33. The number of nitrogens with two attached hydrogens (primary N) is 1. The van der Waals surface area contributed by atoms with Gasteiger partial charge in [-0.15, -0.1) is 0 Å². The zero-order valence-electron chi connectivity index (χ0n) is 26.6. The van der Waals surface area contributed by atoms with Crippen LogP contribution in [0.5, 0.6) is 0 Å². The Morgan fingerprint density at radius 2 is 1.61 bits per heavy atom. The van der Waals surface area contributed by atoms with Crippen molar-refractivity contribution >= 4 is 29.2 Å². The van der Waals surface area contributed by atoms with Crippen LogP contribution >= 0.6 is 0 Å². The van der Waals surface area contributed by atoms with Crippen molar-refractivity contribution in [1.29, 1.82) is 0 Å². The normalized spacial score (nSPS) is 37.5. The molecule has 9 nitrogen and oxygen atoms in total. The van der Waals surface area contributed by atoms with Gasteiger partial charge in [0.1, 0.15) is 6.04 Å². The van der Waals surface area contributed by atoms with Crippen LogP contribution in [0.4, 0.5) is 11.4 Å². The predicted molar refractivity (Wildman–Crippen MR) is 169 cm³/mol. The molecule has 0 heterocycles. The number of carboxylic acid groups (broad SMARTS) is 1. The molecule has 0 spiro atoms. The lowest BCUT2D eigenvalue weighted by Gasteiger charge is -2.62. The lowest BCUT2D eigenvalue weighted by Crippen LogP contribution is -2.58. The maximum Gasteiger partial charge on any atom is 0.326 e. The van der Waals surface area contributed by atoms with Crippen molar-refractivity contribution in [2.75, 3.05) is 11.1 Å². The summed E-state index contributed by atoms with van der Waals surface area (Å²) in [4.78, 5) is 37.2. The number of hydrogen-bond donors (Lipinski definition) is 6. The first-order valence-electron chi connectivity index (χ1n) is 16.9. The zero-order valence-corrected chi connectivity index (χ0v) is 26.6. The molecule has 4 aliphatic rings. The third kappa shape index (κ3) is 6.37. The average molecular weight is 612 g/mol. The number of fused-ring (bicyclic) bond motifs is 5. The minimum atomic E-state index is -1.16. The Labute approximate surface area is 261 Å². The molecule has 4 fully saturated rings. The van der Waals surface area contributed by atoms with Crippen molar-refractivity contribution in [3.63, 3.8) is 0 Å². The lowest BCUT2D eigenvalue weighted by molar-refractivity contribution is -0.174. The highest BCUT2D eigenvalue weighted by Gasteiger charge is 2.62. The van der Waals surface area contributed by atoms with Crippen LogP contribution in [0.3, 0.4) is 0 Å². The van der Waals surface area contributed by atoms with Crippen molar-refractivity contribution in [3.8, 4) is 0 Å². The molecule has 0 saturated heterocycles. The fourth-order valence-electron chi connectivity index (χ4n) is 10.4. The molecular weight excluding hydrogens is 558 g/mol. The zero-order chi connectivity index (χ0) is 31.8. The molecule has 0 radical (unpaired) electrons. The van der Waals surface area contributed by atoms with Gasteiger partial charge < -0.3 is 31.7 Å². The number of nitrogens with one attached hydrogen (secondary N) is 2. The number of carbonyl (C=O) groups is 3. The summed E-state index contributed by atoms with van der Waals surface area (Å²) in [5, 5.41) is 36.9. The molecule has 1 aromatic rings. The largest absolute Gasteiger partial charge is 0.480 e. The van der Waals surface area contributed by atoms with Crippen molar-refractivity contribution in [3.05, 3.63) is 24.3 Å². The van der Waals surface area contributed by atoms with Gasteiger partial charge in [0, 0.05) is 12.8 Å². The minimum absolute atomic E-state index is 0.0127. The first kappa shape index (κ1) is 32.7. The lowest BCUT2D eigenvalue weighted by atomic mass is 9.43. The number of aliphatic carboxylic acids is 1. The Bertz CT molecular complexity index is 1220. The van der Waals surface area contributed by atoms with Crippen molar-refractivity contribution in [1.82, 2.24) is 5.32 Å². The van der Waals surface area contributed by atoms with Crippen LogP contribution in [0.25, 0.3) is 0 Å². The molecule has 4 saturated carbocycles. The number of benzene rings is 1. The number of para-hydroxylation sites is 2. The topological polar surface area (TPSA) is 162 Å². The second-order valence-electron chi connectivity index (χ2n) is 15.1. The molecule has 5 rings (SSSR count). The van der Waals surface area contributed by atoms with E-state index in [1.807, 2.05) is 0 Å². The van der Waals surface area contributed by atoms with E-state index < -0.39 is 12.0 Å². The summed E-state index contributed by atoms with van der Waals surface area (Å²) < 4.78 is 0. The highest BCUT2D eigenvalue weighted by atomic mass is 16.4. The van der Waals surface area contributed by atoms with Crippen LogP contribution in [0.15, 0.2) is 24.3 Å². The van der Waals surface area contributed by atoms with E-state index in [0.29, 0.717) is 53.3 Å². The SMILES string of the molecule is C[C@H](CCC(=O)N[C@@H](CCC(=O)Nc1ccccc1N)C(=O)O)[C@H]1CC[C@H]2[C@@H]3[C@H](O)C[C@@H]4C[C@H](O)CC[C@]4(C)[C@H]3CC[C@]12C. The van der Waals surface area contributed by atoms with Crippen molar-refractivity contribution < 1.29 is 29.7 Å². The van der Waals surface area contributed by atoms with Crippen LogP contribution in [0.1, 0.15) is 97.8 Å². The number of anilines is 2. The van der Waals surface area contributed by atoms with Crippen LogP contribution in [-0.2, 0) is 14.4 Å². The van der Waals surface area contributed by atoms with Crippen molar-refractivity contribution in [2.24, 2.45) is 46.3 Å². The number of aliphatic hydroxyl groups excluding tert-OH is 2. The summed E-state index contributed by atoms with van der Waals surface area (Å²) in [6.07, 6.45) is 8.29. The van der Waals surface area contributed by atoms with Gasteiger partial charge in [0.05, 0.1) is 23.6 Å². The Morgan fingerprint density at radius 3 is 2.34 bits per heavy atom. The number of nitrogen functional groups attached to an aromatic ring is 1. The molecule has 9 heteroatoms. The summed E-state index contributed by atoms with van der Waals surface area (Å²) in [7, 11) is 0. The predicted octanol–water partition coefficient (Wildman–Crippen LogP) is 4.96. The molecule has 0 aromatic heterocycles. The number of hydrogen-bond acceptors (Lipinski definition) is 6. The second-order valence-corrected chi connectivity index (χ2v) is 15.1. The number of amides is 2. The molecule has 7 N–H and O–H groups in total. The molecular formula is C35H53N3O6. The summed E-state index contributed by atoms with van der Waals surface area (Å²) in [6, 6.07) is 5.73. The van der Waals surface area contributed by atoms with Crippen LogP contribution in [0, 0.1) is 46.3 Å². The summed E-state index contributed by atoms with van der Waals surface area (Å²) in [6.45, 7) is 7.07. The summed E-state index contributed by atoms with van der Waals surface area (Å²) >= 11 is 0. The fraction of sp³-hybridized carbons (Fsp3) is 0.743. The molecule has 0 unspecified atom stereocenters. The second kappa shape index (κ2) is 13.0. The maximum absolute atomic E-state index is 12.9. The van der Waals surface area contributed by atoms with Crippen LogP contribution in [-0.4, -0.2) is 51.4 Å². The molecule has 4 aliphatic carbocycles. The Morgan fingerprint density at radius 1 is 0.932 bits per heavy atom. The third-order valence-corrected chi connectivity index (χ3v) is 12.8. The van der Waals surface area contributed by atoms with E-state index in [1.165, 1.54) is 0 Å². The van der Waals surface area contributed by atoms with Gasteiger partial charge in [-0.1, -0.05) is 32.9 Å². The van der Waals surface area contributed by atoms with E-state index in [2.05, 4.69) is 31.4 Å². The van der Waals surface area contributed by atoms with Gasteiger partial charge >= 0.3 is 5.97 Å². The quantitative estimate of drug-likeness (QED) is 0.204. The van der Waals surface area contributed by atoms with E-state index in [9.17, 15) is 29.7 Å². The van der Waals surface area contributed by atoms with Gasteiger partial charge in [-0.05, 0) is 123 Å². The first-order valence-corrected chi connectivity index (χ1v) is 16.9. The van der Waals surface area contributed by atoms with E-state index in [0.717, 1.165) is 51.4 Å². The summed E-state index contributed by atoms with van der Waals surface area (Å²) in [5.41, 5.74) is 7.09. The highest BCUT2D eigenvalue weighted by Crippen LogP contribution is 2.68. The number of carboxylic acids is 1. The van der Waals surface area contributed by atoms with E-state index in [-0.39, 0.29) is 54.1 Å². The number of carbonyl (C=O) groups excluding carboxylic acids is 2. The molecule has 244 valence electrons. The molecule has 44 heavy (non-hydrogen) atoms. The molecule has 2 amide bonds. The van der Waals surface area contributed by atoms with Gasteiger partial charge in [0.2, 0.25) is 11.8 Å². The highest BCUT2D eigenvalue weighted by molar-refractivity contribution is 5.94. The molecule has 0 aliphatic heterocycles. The minimum Gasteiger partial charge on any atom is -0.480 e. The third-order valence-electron chi connectivity index (χ3n) is 12.8. The number of rotatable bonds is 10. The van der Waals surface area contributed by atoms with Gasteiger partial charge in [-0.2, -0.15) is 0 Å². The number of aliphatic hydroxyl groups is 2.